The highest BCUT2D eigenvalue weighted by molar-refractivity contribution is 6.04. The molecule has 1 aliphatic rings. The molecule has 2 amide bonds. The summed E-state index contributed by atoms with van der Waals surface area (Å²) in [4.78, 5) is 27.3. The van der Waals surface area contributed by atoms with Gasteiger partial charge in [0.05, 0.1) is 52.2 Å². The SMILES string of the molecule is COc1cc(CC(=O)Nc2ccccc2C(=O)N2CCOCC2)cc(OC)c1OC. The summed E-state index contributed by atoms with van der Waals surface area (Å²) in [6, 6.07) is 10.5. The van der Waals surface area contributed by atoms with Gasteiger partial charge in [0, 0.05) is 13.1 Å². The van der Waals surface area contributed by atoms with Crippen molar-refractivity contribution >= 4 is 17.5 Å². The number of rotatable bonds is 7. The number of hydrogen-bond acceptors (Lipinski definition) is 6. The van der Waals surface area contributed by atoms with Gasteiger partial charge in [-0.25, -0.2) is 0 Å². The monoisotopic (exact) mass is 414 g/mol. The lowest BCUT2D eigenvalue weighted by Gasteiger charge is -2.27. The van der Waals surface area contributed by atoms with Crippen LogP contribution in [-0.2, 0) is 16.0 Å². The molecule has 1 heterocycles. The summed E-state index contributed by atoms with van der Waals surface area (Å²) in [5.74, 6) is 1.03. The smallest absolute Gasteiger partial charge is 0.256 e. The van der Waals surface area contributed by atoms with Crippen LogP contribution in [0.2, 0.25) is 0 Å². The molecule has 0 atom stereocenters. The van der Waals surface area contributed by atoms with E-state index >= 15 is 0 Å². The van der Waals surface area contributed by atoms with Gasteiger partial charge in [-0.05, 0) is 29.8 Å². The van der Waals surface area contributed by atoms with E-state index in [9.17, 15) is 9.59 Å². The Bertz CT molecular complexity index is 883. The van der Waals surface area contributed by atoms with Crippen molar-refractivity contribution in [3.63, 3.8) is 0 Å². The molecule has 8 nitrogen and oxygen atoms in total. The minimum Gasteiger partial charge on any atom is -0.493 e. The molecule has 3 rings (SSSR count). The number of hydrogen-bond donors (Lipinski definition) is 1. The number of morpholine rings is 1. The molecule has 8 heteroatoms. The Labute approximate surface area is 175 Å². The third-order valence-electron chi connectivity index (χ3n) is 4.82. The van der Waals surface area contributed by atoms with Gasteiger partial charge < -0.3 is 29.2 Å². The number of benzene rings is 2. The number of para-hydroxylation sites is 1. The molecule has 30 heavy (non-hydrogen) atoms. The average molecular weight is 414 g/mol. The number of carbonyl (C=O) groups is 2. The summed E-state index contributed by atoms with van der Waals surface area (Å²) < 4.78 is 21.3. The maximum Gasteiger partial charge on any atom is 0.256 e. The molecule has 1 aliphatic heterocycles. The second-order valence-corrected chi connectivity index (χ2v) is 6.71. The van der Waals surface area contributed by atoms with E-state index in [1.165, 1.54) is 21.3 Å². The number of ether oxygens (including phenoxy) is 4. The molecule has 160 valence electrons. The van der Waals surface area contributed by atoms with Gasteiger partial charge in [-0.3, -0.25) is 9.59 Å². The lowest BCUT2D eigenvalue weighted by molar-refractivity contribution is -0.115. The lowest BCUT2D eigenvalue weighted by atomic mass is 10.1. The number of carbonyl (C=O) groups excluding carboxylic acids is 2. The summed E-state index contributed by atoms with van der Waals surface area (Å²) in [6.45, 7) is 2.10. The molecule has 1 N–H and O–H groups in total. The topological polar surface area (TPSA) is 86.3 Å². The van der Waals surface area contributed by atoms with E-state index in [1.54, 1.807) is 41.3 Å². The Morgan fingerprint density at radius 2 is 1.63 bits per heavy atom. The van der Waals surface area contributed by atoms with Crippen LogP contribution < -0.4 is 19.5 Å². The zero-order chi connectivity index (χ0) is 21.5. The fourth-order valence-electron chi connectivity index (χ4n) is 3.33. The highest BCUT2D eigenvalue weighted by atomic mass is 16.5. The molecule has 1 fully saturated rings. The maximum atomic E-state index is 12.9. The fourth-order valence-corrected chi connectivity index (χ4v) is 3.33. The van der Waals surface area contributed by atoms with E-state index in [0.29, 0.717) is 60.4 Å². The van der Waals surface area contributed by atoms with Crippen LogP contribution in [0.3, 0.4) is 0 Å². The summed E-state index contributed by atoms with van der Waals surface area (Å²) >= 11 is 0. The number of nitrogens with zero attached hydrogens (tertiary/aromatic N) is 1. The summed E-state index contributed by atoms with van der Waals surface area (Å²) in [5.41, 5.74) is 1.63. The first-order valence-electron chi connectivity index (χ1n) is 9.62. The summed E-state index contributed by atoms with van der Waals surface area (Å²) in [6.07, 6.45) is 0.0802. The third-order valence-corrected chi connectivity index (χ3v) is 4.82. The van der Waals surface area contributed by atoms with Gasteiger partial charge in [0.2, 0.25) is 11.7 Å². The predicted molar refractivity (Wildman–Crippen MR) is 112 cm³/mol. The molecule has 2 aromatic carbocycles. The zero-order valence-corrected chi connectivity index (χ0v) is 17.4. The van der Waals surface area contributed by atoms with Crippen LogP contribution in [0.5, 0.6) is 17.2 Å². The quantitative estimate of drug-likeness (QED) is 0.749. The highest BCUT2D eigenvalue weighted by Gasteiger charge is 2.22. The molecular weight excluding hydrogens is 388 g/mol. The molecule has 0 aromatic heterocycles. The second kappa shape index (κ2) is 9.98. The maximum absolute atomic E-state index is 12.9. The predicted octanol–water partition coefficient (Wildman–Crippen LogP) is 2.37. The van der Waals surface area contributed by atoms with E-state index in [-0.39, 0.29) is 18.2 Å². The Kier molecular flexibility index (Phi) is 7.13. The molecule has 0 aliphatic carbocycles. The van der Waals surface area contributed by atoms with Crippen molar-refractivity contribution in [2.75, 3.05) is 52.9 Å². The van der Waals surface area contributed by atoms with Crippen molar-refractivity contribution in [1.29, 1.82) is 0 Å². The van der Waals surface area contributed by atoms with Gasteiger partial charge in [-0.1, -0.05) is 12.1 Å². The Morgan fingerprint density at radius 3 is 2.23 bits per heavy atom. The van der Waals surface area contributed by atoms with Crippen molar-refractivity contribution in [1.82, 2.24) is 4.90 Å². The average Bonchev–Trinajstić information content (AvgIpc) is 2.78. The summed E-state index contributed by atoms with van der Waals surface area (Å²) in [7, 11) is 4.57. The van der Waals surface area contributed by atoms with Gasteiger partial charge >= 0.3 is 0 Å². The number of nitrogens with one attached hydrogen (secondary N) is 1. The van der Waals surface area contributed by atoms with Crippen LogP contribution in [0, 0.1) is 0 Å². The van der Waals surface area contributed by atoms with E-state index in [2.05, 4.69) is 5.32 Å². The first kappa shape index (κ1) is 21.4. The number of methoxy groups -OCH3 is 3. The van der Waals surface area contributed by atoms with Crippen LogP contribution in [0.4, 0.5) is 5.69 Å². The Morgan fingerprint density at radius 1 is 1.00 bits per heavy atom. The van der Waals surface area contributed by atoms with E-state index in [0.717, 1.165) is 0 Å². The normalized spacial score (nSPS) is 13.5. The van der Waals surface area contributed by atoms with Crippen LogP contribution >= 0.6 is 0 Å². The van der Waals surface area contributed by atoms with Crippen molar-refractivity contribution in [3.05, 3.63) is 47.5 Å². The van der Waals surface area contributed by atoms with Gasteiger partial charge in [0.1, 0.15) is 0 Å². The Hall–Kier alpha value is -3.26. The van der Waals surface area contributed by atoms with Crippen molar-refractivity contribution in [2.45, 2.75) is 6.42 Å². The second-order valence-electron chi connectivity index (χ2n) is 6.71. The van der Waals surface area contributed by atoms with Crippen LogP contribution in [0.25, 0.3) is 0 Å². The standard InChI is InChI=1S/C22H26N2O6/c1-27-18-12-15(13-19(28-2)21(18)29-3)14-20(25)23-17-7-5-4-6-16(17)22(26)24-8-10-30-11-9-24/h4-7,12-13H,8-11,14H2,1-3H3,(H,23,25). The molecule has 1 saturated heterocycles. The van der Waals surface area contributed by atoms with Gasteiger partial charge in [0.15, 0.2) is 11.5 Å². The highest BCUT2D eigenvalue weighted by Crippen LogP contribution is 2.38. The molecule has 0 bridgehead atoms. The number of anilines is 1. The van der Waals surface area contributed by atoms with E-state index in [1.807, 2.05) is 0 Å². The molecular formula is C22H26N2O6. The minimum atomic E-state index is -0.258. The van der Waals surface area contributed by atoms with Crippen molar-refractivity contribution < 1.29 is 28.5 Å². The van der Waals surface area contributed by atoms with E-state index in [4.69, 9.17) is 18.9 Å². The number of amides is 2. The molecule has 0 spiro atoms. The molecule has 0 saturated carbocycles. The first-order valence-corrected chi connectivity index (χ1v) is 9.62. The fraction of sp³-hybridized carbons (Fsp3) is 0.364. The third kappa shape index (κ3) is 4.83. The van der Waals surface area contributed by atoms with E-state index < -0.39 is 0 Å². The van der Waals surface area contributed by atoms with Gasteiger partial charge in [-0.2, -0.15) is 0 Å². The molecule has 0 unspecified atom stereocenters. The largest absolute Gasteiger partial charge is 0.493 e. The Balaban J connectivity index is 1.76. The minimum absolute atomic E-state index is 0.0802. The van der Waals surface area contributed by atoms with Crippen molar-refractivity contribution in [2.24, 2.45) is 0 Å². The summed E-state index contributed by atoms with van der Waals surface area (Å²) in [5, 5.41) is 2.85. The van der Waals surface area contributed by atoms with Gasteiger partial charge in [-0.15, -0.1) is 0 Å². The zero-order valence-electron chi connectivity index (χ0n) is 17.4. The molecule has 0 radical (unpaired) electrons. The molecule has 2 aromatic rings. The van der Waals surface area contributed by atoms with Crippen LogP contribution in [-0.4, -0.2) is 64.3 Å². The van der Waals surface area contributed by atoms with Crippen LogP contribution in [0.15, 0.2) is 36.4 Å². The first-order chi connectivity index (χ1) is 14.6. The van der Waals surface area contributed by atoms with Crippen LogP contribution in [0.1, 0.15) is 15.9 Å². The lowest BCUT2D eigenvalue weighted by Crippen LogP contribution is -2.41. The van der Waals surface area contributed by atoms with Crippen molar-refractivity contribution in [3.8, 4) is 17.2 Å². The van der Waals surface area contributed by atoms with Gasteiger partial charge in [0.25, 0.3) is 5.91 Å².